The molecule has 1 aromatic rings. The minimum atomic E-state index is -2.26. The topological polar surface area (TPSA) is 47.6 Å². The minimum absolute atomic E-state index is 0.114. The zero-order valence-electron chi connectivity index (χ0n) is 12.8. The Labute approximate surface area is 100 Å². The fourth-order valence-electron chi connectivity index (χ4n) is 1.49. The van der Waals surface area contributed by atoms with Crippen LogP contribution in [0.3, 0.4) is 0 Å². The van der Waals surface area contributed by atoms with Crippen molar-refractivity contribution in [1.82, 2.24) is 5.32 Å². The molecule has 86 valence electrons. The third-order valence-electron chi connectivity index (χ3n) is 2.35. The molecule has 1 aliphatic rings. The maximum absolute atomic E-state index is 12.2. The normalized spacial score (nSPS) is 19.6. The fraction of sp³-hybridized carbons (Fsp3) is 0.417. The van der Waals surface area contributed by atoms with Crippen LogP contribution in [0.5, 0.6) is 11.5 Å². The number of fused-ring (bicyclic) bond motifs is 1. The molecular formula is C12H15NO3. The summed E-state index contributed by atoms with van der Waals surface area (Å²) in [5, 5.41) is 2.36. The van der Waals surface area contributed by atoms with Gasteiger partial charge in [0.2, 0.25) is 6.79 Å². The van der Waals surface area contributed by atoms with Gasteiger partial charge in [0.1, 0.15) is 0 Å². The van der Waals surface area contributed by atoms with Crippen LogP contribution in [0.25, 0.3) is 0 Å². The molecule has 1 aliphatic heterocycles. The van der Waals surface area contributed by atoms with E-state index >= 15 is 0 Å². The summed E-state index contributed by atoms with van der Waals surface area (Å²) >= 11 is 0. The van der Waals surface area contributed by atoms with E-state index in [0.717, 1.165) is 0 Å². The molecule has 16 heavy (non-hydrogen) atoms. The van der Waals surface area contributed by atoms with Gasteiger partial charge in [0.25, 0.3) is 0 Å². The average Bonchev–Trinajstić information content (AvgIpc) is 2.84. The van der Waals surface area contributed by atoms with Gasteiger partial charge >= 0.3 is 0 Å². The van der Waals surface area contributed by atoms with E-state index in [9.17, 15) is 4.79 Å². The van der Waals surface area contributed by atoms with Crippen LogP contribution in [0.2, 0.25) is 0 Å². The van der Waals surface area contributed by atoms with Gasteiger partial charge in [0.05, 0.1) is 6.04 Å². The largest absolute Gasteiger partial charge is 0.454 e. The number of hydrogen-bond donors (Lipinski definition) is 1. The number of hydrogen-bond acceptors (Lipinski definition) is 4. The number of likely N-dealkylation sites (N-methyl/N-ethyl adjacent to an activating group) is 1. The zero-order chi connectivity index (χ0) is 14.9. The quantitative estimate of drug-likeness (QED) is 0.791. The molecule has 0 saturated heterocycles. The lowest BCUT2D eigenvalue weighted by Crippen LogP contribution is -2.33. The molecule has 1 aromatic carbocycles. The van der Waals surface area contributed by atoms with E-state index in [-0.39, 0.29) is 12.6 Å². The van der Waals surface area contributed by atoms with Gasteiger partial charge in [-0.3, -0.25) is 4.79 Å². The van der Waals surface area contributed by atoms with Gasteiger partial charge in [-0.2, -0.15) is 0 Å². The molecule has 2 rings (SSSR count). The SMILES string of the molecule is [2H]C([2H])C([2H])([2H])NC(C)C(=O)c1ccc2c(c1)OCO2. The van der Waals surface area contributed by atoms with E-state index in [4.69, 9.17) is 15.0 Å². The maximum atomic E-state index is 12.2. The van der Waals surface area contributed by atoms with Crippen molar-refractivity contribution in [3.63, 3.8) is 0 Å². The first-order valence-corrected chi connectivity index (χ1v) is 4.87. The van der Waals surface area contributed by atoms with E-state index in [2.05, 4.69) is 5.32 Å². The molecule has 1 heterocycles. The molecule has 0 spiro atoms. The highest BCUT2D eigenvalue weighted by Crippen LogP contribution is 2.32. The Morgan fingerprint density at radius 1 is 1.62 bits per heavy atom. The summed E-state index contributed by atoms with van der Waals surface area (Å²) in [4.78, 5) is 12.2. The van der Waals surface area contributed by atoms with Crippen LogP contribution < -0.4 is 14.8 Å². The van der Waals surface area contributed by atoms with Crippen molar-refractivity contribution in [1.29, 1.82) is 0 Å². The summed E-state index contributed by atoms with van der Waals surface area (Å²) < 4.78 is 39.5. The Morgan fingerprint density at radius 2 is 2.44 bits per heavy atom. The maximum Gasteiger partial charge on any atom is 0.231 e. The molecule has 0 radical (unpaired) electrons. The predicted octanol–water partition coefficient (Wildman–Crippen LogP) is 1.60. The molecule has 0 aromatic heterocycles. The molecule has 1 N–H and O–H groups in total. The predicted molar refractivity (Wildman–Crippen MR) is 60.0 cm³/mol. The molecular weight excluding hydrogens is 206 g/mol. The Hall–Kier alpha value is -1.55. The van der Waals surface area contributed by atoms with Gasteiger partial charge in [0, 0.05) is 11.0 Å². The summed E-state index contributed by atoms with van der Waals surface area (Å²) in [5.41, 5.74) is 0.358. The van der Waals surface area contributed by atoms with Crippen molar-refractivity contribution < 1.29 is 19.8 Å². The van der Waals surface area contributed by atoms with Gasteiger partial charge in [-0.15, -0.1) is 0 Å². The van der Waals surface area contributed by atoms with Crippen LogP contribution >= 0.6 is 0 Å². The molecule has 0 aliphatic carbocycles. The van der Waals surface area contributed by atoms with Crippen LogP contribution in [-0.4, -0.2) is 25.1 Å². The number of rotatable bonds is 4. The van der Waals surface area contributed by atoms with E-state index in [1.165, 1.54) is 13.0 Å². The lowest BCUT2D eigenvalue weighted by Gasteiger charge is -2.11. The summed E-state index contributed by atoms with van der Waals surface area (Å²) in [6.45, 7) is -2.38. The van der Waals surface area contributed by atoms with E-state index < -0.39 is 19.4 Å². The molecule has 4 nitrogen and oxygen atoms in total. The summed E-state index contributed by atoms with van der Waals surface area (Å²) in [5.74, 6) is 0.701. The molecule has 0 amide bonds. The molecule has 0 saturated carbocycles. The van der Waals surface area contributed by atoms with E-state index in [0.29, 0.717) is 17.1 Å². The molecule has 0 bridgehead atoms. The Bertz CT molecular complexity index is 521. The summed E-state index contributed by atoms with van der Waals surface area (Å²) in [6, 6.07) is 3.87. The van der Waals surface area contributed by atoms with Crippen LogP contribution in [0, 0.1) is 0 Å². The van der Waals surface area contributed by atoms with Crippen molar-refractivity contribution in [2.24, 2.45) is 0 Å². The number of benzene rings is 1. The van der Waals surface area contributed by atoms with Crippen molar-refractivity contribution in [3.8, 4) is 11.5 Å². The highest BCUT2D eigenvalue weighted by molar-refractivity contribution is 6.00. The third-order valence-corrected chi connectivity index (χ3v) is 2.35. The van der Waals surface area contributed by atoms with Crippen LogP contribution in [0.15, 0.2) is 18.2 Å². The van der Waals surface area contributed by atoms with E-state index in [1.807, 2.05) is 0 Å². The third kappa shape index (κ3) is 2.02. The summed E-state index contributed by atoms with van der Waals surface area (Å²) in [6.07, 6.45) is 0. The second-order valence-electron chi connectivity index (χ2n) is 3.44. The number of carbonyl (C=O) groups is 1. The van der Waals surface area contributed by atoms with Crippen LogP contribution in [0.1, 0.15) is 29.6 Å². The Morgan fingerprint density at radius 3 is 3.25 bits per heavy atom. The summed E-state index contributed by atoms with van der Waals surface area (Å²) in [7, 11) is 0. The van der Waals surface area contributed by atoms with E-state index in [1.54, 1.807) is 12.1 Å². The standard InChI is InChI=1S/C12H15NO3/c1-3-13-8(2)12(14)9-4-5-10-11(6-9)16-7-15-10/h4-6,8,13H,3,7H2,1-2H3/i1D2,3D2. The molecule has 4 heteroatoms. The van der Waals surface area contributed by atoms with Crippen LogP contribution in [-0.2, 0) is 0 Å². The second-order valence-corrected chi connectivity index (χ2v) is 3.44. The number of ketones is 1. The first kappa shape index (κ1) is 6.91. The minimum Gasteiger partial charge on any atom is -0.454 e. The molecule has 1 atom stereocenters. The Balaban J connectivity index is 2.11. The number of nitrogens with one attached hydrogen (secondary N) is 1. The zero-order valence-corrected chi connectivity index (χ0v) is 8.82. The van der Waals surface area contributed by atoms with Crippen molar-refractivity contribution in [2.75, 3.05) is 13.3 Å². The first-order chi connectivity index (χ1) is 9.31. The molecule has 1 unspecified atom stereocenters. The van der Waals surface area contributed by atoms with Crippen molar-refractivity contribution in [2.45, 2.75) is 19.8 Å². The monoisotopic (exact) mass is 225 g/mol. The Kier molecular flexibility index (Phi) is 1.96. The lowest BCUT2D eigenvalue weighted by molar-refractivity contribution is 0.0951. The van der Waals surface area contributed by atoms with Gasteiger partial charge < -0.3 is 14.8 Å². The highest BCUT2D eigenvalue weighted by atomic mass is 16.7. The second kappa shape index (κ2) is 4.53. The van der Waals surface area contributed by atoms with Gasteiger partial charge in [-0.25, -0.2) is 0 Å². The number of Topliss-reactive ketones (excluding diaryl/α,β-unsaturated/α-hetero) is 1. The van der Waals surface area contributed by atoms with Crippen LogP contribution in [0.4, 0.5) is 0 Å². The number of ether oxygens (including phenoxy) is 2. The first-order valence-electron chi connectivity index (χ1n) is 7.03. The van der Waals surface area contributed by atoms with Crippen molar-refractivity contribution >= 4 is 5.78 Å². The van der Waals surface area contributed by atoms with Gasteiger partial charge in [0.15, 0.2) is 17.3 Å². The highest BCUT2D eigenvalue weighted by Gasteiger charge is 2.19. The van der Waals surface area contributed by atoms with Gasteiger partial charge in [-0.1, -0.05) is 6.88 Å². The average molecular weight is 225 g/mol. The fourth-order valence-corrected chi connectivity index (χ4v) is 1.49. The molecule has 0 fully saturated rings. The van der Waals surface area contributed by atoms with Gasteiger partial charge in [-0.05, 0) is 31.6 Å². The smallest absolute Gasteiger partial charge is 0.231 e. The van der Waals surface area contributed by atoms with Crippen molar-refractivity contribution in [3.05, 3.63) is 23.8 Å². The lowest BCUT2D eigenvalue weighted by atomic mass is 10.0. The number of carbonyl (C=O) groups excluding carboxylic acids is 1.